The first-order chi connectivity index (χ1) is 8.74. The normalized spacial score (nSPS) is 10.5. The first kappa shape index (κ1) is 13.5. The highest BCUT2D eigenvalue weighted by Gasteiger charge is 1.97. The van der Waals surface area contributed by atoms with Gasteiger partial charge in [-0.05, 0) is 54.5 Å². The van der Waals surface area contributed by atoms with Crippen molar-refractivity contribution in [3.63, 3.8) is 0 Å². The monoisotopic (exact) mass is 321 g/mol. The van der Waals surface area contributed by atoms with Gasteiger partial charge in [0.1, 0.15) is 0 Å². The van der Waals surface area contributed by atoms with Crippen molar-refractivity contribution in [2.45, 2.75) is 17.7 Å². The van der Waals surface area contributed by atoms with Crippen molar-refractivity contribution in [1.82, 2.24) is 0 Å². The van der Waals surface area contributed by atoms with Crippen LogP contribution in [0.3, 0.4) is 0 Å². The summed E-state index contributed by atoms with van der Waals surface area (Å²) in [5.74, 6) is 1.14. The van der Waals surface area contributed by atoms with Crippen molar-refractivity contribution < 1.29 is 0 Å². The predicted molar refractivity (Wildman–Crippen MR) is 84.0 cm³/mol. The van der Waals surface area contributed by atoms with Gasteiger partial charge < -0.3 is 5.73 Å². The summed E-state index contributed by atoms with van der Waals surface area (Å²) in [7, 11) is 0. The van der Waals surface area contributed by atoms with E-state index >= 15 is 0 Å². The van der Waals surface area contributed by atoms with E-state index in [1.54, 1.807) is 0 Å². The maximum absolute atomic E-state index is 5.66. The minimum absolute atomic E-state index is 0.835. The van der Waals surface area contributed by atoms with Crippen molar-refractivity contribution in [2.24, 2.45) is 0 Å². The third-order valence-electron chi connectivity index (χ3n) is 2.65. The Hall–Kier alpha value is -0.930. The Balaban J connectivity index is 1.74. The Morgan fingerprint density at radius 2 is 1.83 bits per heavy atom. The number of nitrogen functional groups attached to an aromatic ring is 1. The van der Waals surface area contributed by atoms with Crippen molar-refractivity contribution in [2.75, 3.05) is 11.5 Å². The van der Waals surface area contributed by atoms with E-state index in [9.17, 15) is 0 Å². The maximum atomic E-state index is 5.66. The summed E-state index contributed by atoms with van der Waals surface area (Å²) >= 11 is 5.39. The van der Waals surface area contributed by atoms with Crippen LogP contribution in [0.25, 0.3) is 0 Å². The molecule has 0 aliphatic heterocycles. The van der Waals surface area contributed by atoms with E-state index in [0.29, 0.717) is 0 Å². The Morgan fingerprint density at radius 1 is 1.06 bits per heavy atom. The molecule has 1 nitrogen and oxygen atoms in total. The summed E-state index contributed by atoms with van der Waals surface area (Å²) < 4.78 is 1.14. The molecule has 0 aliphatic carbocycles. The molecule has 0 atom stereocenters. The molecule has 2 rings (SSSR count). The van der Waals surface area contributed by atoms with Gasteiger partial charge in [0.25, 0.3) is 0 Å². The second-order valence-corrected chi connectivity index (χ2v) is 6.23. The zero-order valence-corrected chi connectivity index (χ0v) is 12.5. The number of benzene rings is 2. The standard InChI is InChI=1S/C15H16BrNS/c16-13-4-1-5-15(11-13)18-10-2-3-12-6-8-14(17)9-7-12/h1,4-9,11H,2-3,10,17H2. The highest BCUT2D eigenvalue weighted by Crippen LogP contribution is 2.23. The predicted octanol–water partition coefficient (Wildman–Crippen LogP) is 4.76. The molecule has 0 unspecified atom stereocenters. The van der Waals surface area contributed by atoms with E-state index < -0.39 is 0 Å². The molecule has 94 valence electrons. The smallest absolute Gasteiger partial charge is 0.0314 e. The van der Waals surface area contributed by atoms with Crippen molar-refractivity contribution in [3.8, 4) is 0 Å². The number of hydrogen-bond acceptors (Lipinski definition) is 2. The number of anilines is 1. The van der Waals surface area contributed by atoms with Gasteiger partial charge in [-0.15, -0.1) is 11.8 Å². The van der Waals surface area contributed by atoms with Crippen LogP contribution in [0, 0.1) is 0 Å². The molecule has 2 aromatic carbocycles. The lowest BCUT2D eigenvalue weighted by Gasteiger charge is -2.03. The highest BCUT2D eigenvalue weighted by atomic mass is 79.9. The van der Waals surface area contributed by atoms with E-state index in [2.05, 4.69) is 52.3 Å². The average molecular weight is 322 g/mol. The topological polar surface area (TPSA) is 26.0 Å². The lowest BCUT2D eigenvalue weighted by molar-refractivity contribution is 0.933. The molecule has 0 aliphatic rings. The quantitative estimate of drug-likeness (QED) is 0.488. The van der Waals surface area contributed by atoms with Gasteiger partial charge in [0.15, 0.2) is 0 Å². The molecule has 0 heterocycles. The fraction of sp³-hybridized carbons (Fsp3) is 0.200. The van der Waals surface area contributed by atoms with Crippen LogP contribution >= 0.6 is 27.7 Å². The maximum Gasteiger partial charge on any atom is 0.0314 e. The second-order valence-electron chi connectivity index (χ2n) is 4.15. The molecule has 0 saturated heterocycles. The van der Waals surface area contributed by atoms with Crippen molar-refractivity contribution >= 4 is 33.4 Å². The Bertz CT molecular complexity index is 496. The van der Waals surface area contributed by atoms with Crippen LogP contribution in [0.2, 0.25) is 0 Å². The fourth-order valence-corrected chi connectivity index (χ4v) is 3.17. The van der Waals surface area contributed by atoms with Crippen molar-refractivity contribution in [1.29, 1.82) is 0 Å². The minimum atomic E-state index is 0.835. The third kappa shape index (κ3) is 4.39. The number of rotatable bonds is 5. The first-order valence-corrected chi connectivity index (χ1v) is 7.75. The van der Waals surface area contributed by atoms with Gasteiger partial charge in [-0.1, -0.05) is 34.1 Å². The van der Waals surface area contributed by atoms with Crippen LogP contribution in [0.5, 0.6) is 0 Å². The molecule has 0 radical (unpaired) electrons. The van der Waals surface area contributed by atoms with Crippen molar-refractivity contribution in [3.05, 3.63) is 58.6 Å². The van der Waals surface area contributed by atoms with Crippen LogP contribution in [-0.2, 0) is 6.42 Å². The second kappa shape index (κ2) is 6.86. The van der Waals surface area contributed by atoms with E-state index in [1.807, 2.05) is 23.9 Å². The largest absolute Gasteiger partial charge is 0.399 e. The molecule has 0 fully saturated rings. The zero-order chi connectivity index (χ0) is 12.8. The number of thioether (sulfide) groups is 1. The number of aryl methyl sites for hydroxylation is 1. The van der Waals surface area contributed by atoms with Gasteiger partial charge in [-0.2, -0.15) is 0 Å². The minimum Gasteiger partial charge on any atom is -0.399 e. The summed E-state index contributed by atoms with van der Waals surface area (Å²) in [6.45, 7) is 0. The molecule has 3 heteroatoms. The third-order valence-corrected chi connectivity index (χ3v) is 4.23. The average Bonchev–Trinajstić information content (AvgIpc) is 2.37. The van der Waals surface area contributed by atoms with Crippen LogP contribution in [0.4, 0.5) is 5.69 Å². The zero-order valence-electron chi connectivity index (χ0n) is 10.1. The lowest BCUT2D eigenvalue weighted by atomic mass is 10.1. The fourth-order valence-electron chi connectivity index (χ4n) is 1.71. The van der Waals surface area contributed by atoms with Gasteiger partial charge >= 0.3 is 0 Å². The molecule has 2 N–H and O–H groups in total. The van der Waals surface area contributed by atoms with Crippen LogP contribution < -0.4 is 5.73 Å². The van der Waals surface area contributed by atoms with Gasteiger partial charge in [0.05, 0.1) is 0 Å². The summed E-state index contributed by atoms with van der Waals surface area (Å²) in [5, 5.41) is 0. The van der Waals surface area contributed by atoms with Crippen LogP contribution in [0.15, 0.2) is 57.9 Å². The van der Waals surface area contributed by atoms with E-state index in [4.69, 9.17) is 5.73 Å². The molecule has 2 aromatic rings. The van der Waals surface area contributed by atoms with E-state index in [1.165, 1.54) is 16.9 Å². The van der Waals surface area contributed by atoms with Crippen LogP contribution in [-0.4, -0.2) is 5.75 Å². The first-order valence-electron chi connectivity index (χ1n) is 5.97. The summed E-state index contributed by atoms with van der Waals surface area (Å²) in [4.78, 5) is 1.32. The molecule has 18 heavy (non-hydrogen) atoms. The van der Waals surface area contributed by atoms with E-state index in [-0.39, 0.29) is 0 Å². The Labute approximate surface area is 121 Å². The SMILES string of the molecule is Nc1ccc(CCCSc2cccc(Br)c2)cc1. The Kier molecular flexibility index (Phi) is 5.14. The van der Waals surface area contributed by atoms with Gasteiger partial charge in [0, 0.05) is 15.1 Å². The summed E-state index contributed by atoms with van der Waals surface area (Å²) in [6.07, 6.45) is 2.29. The van der Waals surface area contributed by atoms with Crippen LogP contribution in [0.1, 0.15) is 12.0 Å². The molecule has 0 saturated carbocycles. The highest BCUT2D eigenvalue weighted by molar-refractivity contribution is 9.10. The molecule has 0 spiro atoms. The van der Waals surface area contributed by atoms with E-state index in [0.717, 1.165) is 22.3 Å². The number of nitrogens with two attached hydrogens (primary N) is 1. The molecule has 0 bridgehead atoms. The summed E-state index contributed by atoms with van der Waals surface area (Å²) in [5.41, 5.74) is 7.86. The number of hydrogen-bond donors (Lipinski definition) is 1. The molecular weight excluding hydrogens is 306 g/mol. The lowest BCUT2D eigenvalue weighted by Crippen LogP contribution is -1.89. The van der Waals surface area contributed by atoms with Gasteiger partial charge in [-0.25, -0.2) is 0 Å². The molecule has 0 aromatic heterocycles. The summed E-state index contributed by atoms with van der Waals surface area (Å²) in [6, 6.07) is 16.6. The molecular formula is C15H16BrNS. The molecule has 0 amide bonds. The number of halogens is 1. The Morgan fingerprint density at radius 3 is 2.56 bits per heavy atom. The van der Waals surface area contributed by atoms with Gasteiger partial charge in [-0.3, -0.25) is 0 Å². The van der Waals surface area contributed by atoms with Gasteiger partial charge in [0.2, 0.25) is 0 Å².